The summed E-state index contributed by atoms with van der Waals surface area (Å²) in [6, 6.07) is 7.85. The lowest BCUT2D eigenvalue weighted by molar-refractivity contribution is 0.602. The number of benzene rings is 1. The topological polar surface area (TPSA) is 143 Å². The lowest BCUT2D eigenvalue weighted by atomic mass is 10.2. The Morgan fingerprint density at radius 3 is 2.62 bits per heavy atom. The smallest absolute Gasteiger partial charge is 0.262 e. The van der Waals surface area contributed by atoms with Crippen molar-refractivity contribution in [3.63, 3.8) is 0 Å². The summed E-state index contributed by atoms with van der Waals surface area (Å²) in [5.41, 5.74) is 6.23. The summed E-state index contributed by atoms with van der Waals surface area (Å²) < 4.78 is 23.1. The van der Waals surface area contributed by atoms with E-state index < -0.39 is 9.84 Å². The number of fused-ring (bicyclic) bond motifs is 1. The third-order valence-corrected chi connectivity index (χ3v) is 4.75. The SMILES string of the molecule is CS(=O)(=O)c1ccc(Nc2nc(NCCN)cc3nc[nH]c(=O)c23)cc1. The molecule has 26 heavy (non-hydrogen) atoms. The molecule has 0 spiro atoms. The van der Waals surface area contributed by atoms with E-state index in [1.807, 2.05) is 0 Å². The summed E-state index contributed by atoms with van der Waals surface area (Å²) in [5.74, 6) is 0.833. The van der Waals surface area contributed by atoms with Crippen molar-refractivity contribution in [3.05, 3.63) is 47.0 Å². The molecule has 3 rings (SSSR count). The molecule has 9 nitrogen and oxygen atoms in total. The highest BCUT2D eigenvalue weighted by Gasteiger charge is 2.12. The van der Waals surface area contributed by atoms with Crippen molar-refractivity contribution < 1.29 is 8.42 Å². The van der Waals surface area contributed by atoms with Crippen LogP contribution in [-0.2, 0) is 9.84 Å². The molecule has 136 valence electrons. The van der Waals surface area contributed by atoms with Gasteiger partial charge in [-0.2, -0.15) is 0 Å². The molecule has 0 aliphatic heterocycles. The Balaban J connectivity index is 2.04. The van der Waals surface area contributed by atoms with Gasteiger partial charge in [0, 0.05) is 31.1 Å². The standard InChI is InChI=1S/C16H18N6O3S/c1-26(24,25)11-4-2-10(3-5-11)21-15-14-12(19-9-20-16(14)23)8-13(22-15)18-7-6-17/h2-5,8-9H,6-7,17H2,1H3,(H2,18,21,22)(H,19,20,23). The number of nitrogens with two attached hydrogens (primary N) is 1. The van der Waals surface area contributed by atoms with Crippen LogP contribution in [0, 0.1) is 0 Å². The van der Waals surface area contributed by atoms with Crippen molar-refractivity contribution >= 4 is 38.1 Å². The molecule has 0 saturated heterocycles. The van der Waals surface area contributed by atoms with Crippen molar-refractivity contribution in [3.8, 4) is 0 Å². The molecule has 1 aromatic carbocycles. The Kier molecular flexibility index (Phi) is 4.87. The van der Waals surface area contributed by atoms with Gasteiger partial charge in [-0.15, -0.1) is 0 Å². The maximum absolute atomic E-state index is 12.2. The molecule has 0 fully saturated rings. The molecule has 2 heterocycles. The van der Waals surface area contributed by atoms with Crippen LogP contribution in [0.5, 0.6) is 0 Å². The number of H-pyrrole nitrogens is 1. The highest BCUT2D eigenvalue weighted by molar-refractivity contribution is 7.90. The molecular formula is C16H18N6O3S. The monoisotopic (exact) mass is 374 g/mol. The van der Waals surface area contributed by atoms with Crippen LogP contribution in [0.1, 0.15) is 0 Å². The lowest BCUT2D eigenvalue weighted by Gasteiger charge is -2.11. The van der Waals surface area contributed by atoms with E-state index in [9.17, 15) is 13.2 Å². The third kappa shape index (κ3) is 3.81. The maximum Gasteiger partial charge on any atom is 0.262 e. The van der Waals surface area contributed by atoms with E-state index in [1.54, 1.807) is 18.2 Å². The minimum Gasteiger partial charge on any atom is -0.369 e. The number of nitrogens with one attached hydrogen (secondary N) is 3. The quantitative estimate of drug-likeness (QED) is 0.497. The molecule has 0 aliphatic carbocycles. The molecule has 0 atom stereocenters. The third-order valence-electron chi connectivity index (χ3n) is 3.62. The molecule has 0 amide bonds. The molecule has 10 heteroatoms. The average molecular weight is 374 g/mol. The number of hydrogen-bond acceptors (Lipinski definition) is 8. The van der Waals surface area contributed by atoms with Crippen LogP contribution in [-0.4, -0.2) is 42.7 Å². The molecule has 5 N–H and O–H groups in total. The first-order valence-electron chi connectivity index (χ1n) is 7.78. The normalized spacial score (nSPS) is 11.5. The van der Waals surface area contributed by atoms with E-state index in [4.69, 9.17) is 5.73 Å². The van der Waals surface area contributed by atoms with E-state index in [-0.39, 0.29) is 10.5 Å². The van der Waals surface area contributed by atoms with Crippen LogP contribution >= 0.6 is 0 Å². The van der Waals surface area contributed by atoms with Crippen molar-refractivity contribution in [1.82, 2.24) is 15.0 Å². The van der Waals surface area contributed by atoms with Crippen LogP contribution in [0.4, 0.5) is 17.3 Å². The lowest BCUT2D eigenvalue weighted by Crippen LogP contribution is -2.15. The first kappa shape index (κ1) is 17.8. The van der Waals surface area contributed by atoms with Crippen LogP contribution < -0.4 is 21.9 Å². The van der Waals surface area contributed by atoms with Gasteiger partial charge in [0.2, 0.25) is 0 Å². The van der Waals surface area contributed by atoms with Gasteiger partial charge in [-0.25, -0.2) is 18.4 Å². The Bertz CT molecular complexity index is 1090. The van der Waals surface area contributed by atoms with Gasteiger partial charge < -0.3 is 21.4 Å². The first-order valence-corrected chi connectivity index (χ1v) is 9.67. The van der Waals surface area contributed by atoms with Gasteiger partial charge in [0.25, 0.3) is 5.56 Å². The summed E-state index contributed by atoms with van der Waals surface area (Å²) in [6.45, 7) is 0.947. The molecule has 0 aliphatic rings. The van der Waals surface area contributed by atoms with Gasteiger partial charge in [-0.05, 0) is 24.3 Å². The Hall–Kier alpha value is -2.98. The Morgan fingerprint density at radius 1 is 1.23 bits per heavy atom. The second-order valence-corrected chi connectivity index (χ2v) is 7.63. The number of aromatic amines is 1. The second kappa shape index (κ2) is 7.10. The molecule has 0 saturated carbocycles. The van der Waals surface area contributed by atoms with Gasteiger partial charge in [0.05, 0.1) is 16.7 Å². The fourth-order valence-electron chi connectivity index (χ4n) is 2.39. The molecular weight excluding hydrogens is 356 g/mol. The van der Waals surface area contributed by atoms with Crippen molar-refractivity contribution in [2.75, 3.05) is 30.0 Å². The number of pyridine rings is 1. The van der Waals surface area contributed by atoms with Crippen molar-refractivity contribution in [1.29, 1.82) is 0 Å². The highest BCUT2D eigenvalue weighted by Crippen LogP contribution is 2.24. The second-order valence-electron chi connectivity index (χ2n) is 5.62. The Morgan fingerprint density at radius 2 is 1.96 bits per heavy atom. The van der Waals surface area contributed by atoms with E-state index >= 15 is 0 Å². The number of hydrogen-bond donors (Lipinski definition) is 4. The zero-order chi connectivity index (χ0) is 18.7. The number of aromatic nitrogens is 3. The summed E-state index contributed by atoms with van der Waals surface area (Å²) in [7, 11) is -3.28. The van der Waals surface area contributed by atoms with Crippen LogP contribution in [0.2, 0.25) is 0 Å². The predicted molar refractivity (Wildman–Crippen MR) is 101 cm³/mol. The minimum atomic E-state index is -3.28. The van der Waals surface area contributed by atoms with E-state index in [0.717, 1.165) is 6.26 Å². The molecule has 3 aromatic rings. The fourth-order valence-corrected chi connectivity index (χ4v) is 3.02. The van der Waals surface area contributed by atoms with Crippen LogP contribution in [0.15, 0.2) is 46.3 Å². The summed E-state index contributed by atoms with van der Waals surface area (Å²) in [5, 5.41) is 6.40. The summed E-state index contributed by atoms with van der Waals surface area (Å²) in [4.78, 5) is 23.5. The van der Waals surface area contributed by atoms with E-state index in [1.165, 1.54) is 18.5 Å². The van der Waals surface area contributed by atoms with Gasteiger partial charge in [-0.3, -0.25) is 4.79 Å². The molecule has 0 radical (unpaired) electrons. The zero-order valence-corrected chi connectivity index (χ0v) is 14.8. The zero-order valence-electron chi connectivity index (χ0n) is 14.0. The van der Waals surface area contributed by atoms with Crippen LogP contribution in [0.3, 0.4) is 0 Å². The largest absolute Gasteiger partial charge is 0.369 e. The fraction of sp³-hybridized carbons (Fsp3) is 0.188. The average Bonchev–Trinajstić information content (AvgIpc) is 2.59. The van der Waals surface area contributed by atoms with E-state index in [0.29, 0.717) is 41.3 Å². The number of rotatable bonds is 6. The van der Waals surface area contributed by atoms with Gasteiger partial charge >= 0.3 is 0 Å². The van der Waals surface area contributed by atoms with Gasteiger partial charge in [0.15, 0.2) is 9.84 Å². The molecule has 2 aromatic heterocycles. The minimum absolute atomic E-state index is 0.207. The summed E-state index contributed by atoms with van der Waals surface area (Å²) in [6.07, 6.45) is 2.46. The first-order chi connectivity index (χ1) is 12.4. The molecule has 0 unspecified atom stereocenters. The van der Waals surface area contributed by atoms with Crippen molar-refractivity contribution in [2.45, 2.75) is 4.90 Å². The van der Waals surface area contributed by atoms with E-state index in [2.05, 4.69) is 25.6 Å². The highest BCUT2D eigenvalue weighted by atomic mass is 32.2. The van der Waals surface area contributed by atoms with Crippen molar-refractivity contribution in [2.24, 2.45) is 5.73 Å². The number of anilines is 3. The predicted octanol–water partition coefficient (Wildman–Crippen LogP) is 0.836. The number of sulfone groups is 1. The summed E-state index contributed by atoms with van der Waals surface area (Å²) >= 11 is 0. The number of nitrogens with zero attached hydrogens (tertiary/aromatic N) is 2. The van der Waals surface area contributed by atoms with Gasteiger partial charge in [0.1, 0.15) is 17.0 Å². The Labute approximate surface area is 149 Å². The molecule has 0 bridgehead atoms. The van der Waals surface area contributed by atoms with Gasteiger partial charge in [-0.1, -0.05) is 0 Å². The maximum atomic E-state index is 12.2. The van der Waals surface area contributed by atoms with Crippen LogP contribution in [0.25, 0.3) is 10.9 Å².